The minimum Gasteiger partial charge on any atom is -0.388 e. The van der Waals surface area contributed by atoms with E-state index in [2.05, 4.69) is 10.2 Å². The number of nitrogens with zero attached hydrogens (tertiary/aromatic N) is 1. The summed E-state index contributed by atoms with van der Waals surface area (Å²) in [6.45, 7) is 4.20. The van der Waals surface area contributed by atoms with Crippen LogP contribution in [0.5, 0.6) is 0 Å². The van der Waals surface area contributed by atoms with Crippen LogP contribution >= 0.6 is 11.3 Å². The maximum atomic E-state index is 12.0. The second-order valence-corrected chi connectivity index (χ2v) is 6.28. The van der Waals surface area contributed by atoms with Crippen molar-refractivity contribution in [1.82, 2.24) is 10.2 Å². The van der Waals surface area contributed by atoms with Crippen LogP contribution in [0.1, 0.15) is 9.67 Å². The van der Waals surface area contributed by atoms with Gasteiger partial charge in [0.1, 0.15) is 6.10 Å². The van der Waals surface area contributed by atoms with Gasteiger partial charge in [-0.05, 0) is 11.4 Å². The molecule has 1 amide bonds. The Morgan fingerprint density at radius 1 is 1.48 bits per heavy atom. The van der Waals surface area contributed by atoms with Crippen molar-refractivity contribution in [1.29, 1.82) is 0 Å². The first-order valence-corrected chi connectivity index (χ1v) is 8.06. The average molecular weight is 312 g/mol. The number of aliphatic hydroxyl groups excluding tert-OH is 1. The van der Waals surface area contributed by atoms with Crippen molar-refractivity contribution in [2.45, 2.75) is 18.2 Å². The lowest BCUT2D eigenvalue weighted by molar-refractivity contribution is -0.0180. The van der Waals surface area contributed by atoms with Crippen LogP contribution in [0.2, 0.25) is 0 Å². The Morgan fingerprint density at radius 3 is 3.00 bits per heavy atom. The SMILES string of the molecule is O=C(NC1COC(CN2CCOCC2)C1O)c1cccs1. The van der Waals surface area contributed by atoms with Crippen LogP contribution in [0.15, 0.2) is 17.5 Å². The highest BCUT2D eigenvalue weighted by Crippen LogP contribution is 2.17. The second-order valence-electron chi connectivity index (χ2n) is 5.33. The molecule has 116 valence electrons. The standard InChI is InChI=1S/C14H20N2O4S/c17-13-10(15-14(18)12-2-1-7-21-12)9-20-11(13)8-16-3-5-19-6-4-16/h1-2,7,10-11,13,17H,3-6,8-9H2,(H,15,18). The molecule has 0 radical (unpaired) electrons. The summed E-state index contributed by atoms with van der Waals surface area (Å²) in [5.74, 6) is -0.148. The third-order valence-electron chi connectivity index (χ3n) is 3.89. The molecule has 0 bridgehead atoms. The number of thiophene rings is 1. The summed E-state index contributed by atoms with van der Waals surface area (Å²) in [6, 6.07) is 3.26. The van der Waals surface area contributed by atoms with E-state index in [1.165, 1.54) is 11.3 Å². The molecule has 3 unspecified atom stereocenters. The average Bonchev–Trinajstić information content (AvgIpc) is 3.14. The maximum Gasteiger partial charge on any atom is 0.261 e. The van der Waals surface area contributed by atoms with Gasteiger partial charge in [0.15, 0.2) is 0 Å². The van der Waals surface area contributed by atoms with Crippen LogP contribution in [0.25, 0.3) is 0 Å². The summed E-state index contributed by atoms with van der Waals surface area (Å²) in [7, 11) is 0. The van der Waals surface area contributed by atoms with Gasteiger partial charge in [-0.2, -0.15) is 0 Å². The molecule has 2 aliphatic heterocycles. The minimum atomic E-state index is -0.670. The van der Waals surface area contributed by atoms with Gasteiger partial charge < -0.3 is 19.9 Å². The molecule has 6 nitrogen and oxygen atoms in total. The van der Waals surface area contributed by atoms with E-state index in [0.717, 1.165) is 26.3 Å². The summed E-state index contributed by atoms with van der Waals surface area (Å²) in [5, 5.41) is 15.0. The van der Waals surface area contributed by atoms with Gasteiger partial charge in [-0.15, -0.1) is 11.3 Å². The van der Waals surface area contributed by atoms with Crippen molar-refractivity contribution in [3.63, 3.8) is 0 Å². The number of hydrogen-bond acceptors (Lipinski definition) is 6. The van der Waals surface area contributed by atoms with Crippen LogP contribution in [-0.2, 0) is 9.47 Å². The Bertz CT molecular complexity index is 462. The van der Waals surface area contributed by atoms with Gasteiger partial charge in [-0.25, -0.2) is 0 Å². The molecule has 2 fully saturated rings. The van der Waals surface area contributed by atoms with Gasteiger partial charge in [0, 0.05) is 19.6 Å². The highest BCUT2D eigenvalue weighted by atomic mass is 32.1. The minimum absolute atomic E-state index is 0.148. The number of carbonyl (C=O) groups is 1. The Kier molecular flexibility index (Phi) is 4.87. The number of nitrogens with one attached hydrogen (secondary N) is 1. The number of morpholine rings is 1. The van der Waals surface area contributed by atoms with E-state index in [0.29, 0.717) is 18.0 Å². The van der Waals surface area contributed by atoms with Crippen LogP contribution in [0.3, 0.4) is 0 Å². The van der Waals surface area contributed by atoms with Crippen LogP contribution in [0, 0.1) is 0 Å². The largest absolute Gasteiger partial charge is 0.388 e. The lowest BCUT2D eigenvalue weighted by Crippen LogP contribution is -2.48. The van der Waals surface area contributed by atoms with E-state index >= 15 is 0 Å². The van der Waals surface area contributed by atoms with Crippen LogP contribution in [0.4, 0.5) is 0 Å². The zero-order valence-electron chi connectivity index (χ0n) is 11.7. The topological polar surface area (TPSA) is 71.0 Å². The number of hydrogen-bond donors (Lipinski definition) is 2. The molecule has 3 heterocycles. The highest BCUT2D eigenvalue weighted by Gasteiger charge is 2.38. The maximum absolute atomic E-state index is 12.0. The molecule has 0 spiro atoms. The van der Waals surface area contributed by atoms with Gasteiger partial charge >= 0.3 is 0 Å². The van der Waals surface area contributed by atoms with Crippen molar-refractivity contribution in [3.8, 4) is 0 Å². The van der Waals surface area contributed by atoms with Crippen molar-refractivity contribution in [2.24, 2.45) is 0 Å². The van der Waals surface area contributed by atoms with Gasteiger partial charge in [0.05, 0.1) is 36.8 Å². The molecule has 0 saturated carbocycles. The monoisotopic (exact) mass is 312 g/mol. The molecule has 7 heteroatoms. The van der Waals surface area contributed by atoms with Gasteiger partial charge in [0.25, 0.3) is 5.91 Å². The molecule has 0 aliphatic carbocycles. The van der Waals surface area contributed by atoms with Gasteiger partial charge in [-0.1, -0.05) is 6.07 Å². The number of carbonyl (C=O) groups excluding carboxylic acids is 1. The van der Waals surface area contributed by atoms with Crippen molar-refractivity contribution >= 4 is 17.2 Å². The van der Waals surface area contributed by atoms with Crippen LogP contribution in [-0.4, -0.2) is 73.6 Å². The van der Waals surface area contributed by atoms with Crippen LogP contribution < -0.4 is 5.32 Å². The lowest BCUT2D eigenvalue weighted by atomic mass is 10.1. The zero-order chi connectivity index (χ0) is 14.7. The zero-order valence-corrected chi connectivity index (χ0v) is 12.6. The van der Waals surface area contributed by atoms with E-state index in [9.17, 15) is 9.90 Å². The summed E-state index contributed by atoms with van der Waals surface area (Å²) in [6.07, 6.45) is -0.923. The summed E-state index contributed by atoms with van der Waals surface area (Å²) < 4.78 is 11.0. The van der Waals surface area contributed by atoms with E-state index in [1.54, 1.807) is 6.07 Å². The predicted octanol–water partition coefficient (Wildman–Crippen LogP) is -0.0616. The molecule has 3 atom stereocenters. The fourth-order valence-corrected chi connectivity index (χ4v) is 3.28. The van der Waals surface area contributed by atoms with Crippen molar-refractivity contribution in [2.75, 3.05) is 39.5 Å². The van der Waals surface area contributed by atoms with Gasteiger partial charge in [-0.3, -0.25) is 9.69 Å². The van der Waals surface area contributed by atoms with E-state index in [4.69, 9.17) is 9.47 Å². The number of amides is 1. The Morgan fingerprint density at radius 2 is 2.29 bits per heavy atom. The molecule has 2 aliphatic rings. The molecule has 2 N–H and O–H groups in total. The van der Waals surface area contributed by atoms with E-state index in [1.807, 2.05) is 11.4 Å². The third-order valence-corrected chi connectivity index (χ3v) is 4.75. The second kappa shape index (κ2) is 6.85. The quantitative estimate of drug-likeness (QED) is 0.815. The van der Waals surface area contributed by atoms with E-state index < -0.39 is 6.10 Å². The third kappa shape index (κ3) is 3.61. The van der Waals surface area contributed by atoms with Crippen molar-refractivity contribution < 1.29 is 19.4 Å². The molecule has 3 rings (SSSR count). The molecule has 1 aromatic rings. The smallest absolute Gasteiger partial charge is 0.261 e. The Labute approximate surface area is 127 Å². The summed E-state index contributed by atoms with van der Waals surface area (Å²) in [4.78, 5) is 14.9. The fraction of sp³-hybridized carbons (Fsp3) is 0.643. The highest BCUT2D eigenvalue weighted by molar-refractivity contribution is 7.12. The molecular weight excluding hydrogens is 292 g/mol. The molecule has 0 aromatic carbocycles. The first kappa shape index (κ1) is 14.9. The summed E-state index contributed by atoms with van der Waals surface area (Å²) >= 11 is 1.39. The first-order chi connectivity index (χ1) is 10.2. The van der Waals surface area contributed by atoms with E-state index in [-0.39, 0.29) is 18.1 Å². The fourth-order valence-electron chi connectivity index (χ4n) is 2.66. The normalized spacial score (nSPS) is 30.4. The molecular formula is C14H20N2O4S. The number of ether oxygens (including phenoxy) is 2. The Balaban J connectivity index is 1.51. The molecule has 2 saturated heterocycles. The molecule has 1 aromatic heterocycles. The first-order valence-electron chi connectivity index (χ1n) is 7.18. The number of aliphatic hydroxyl groups is 1. The Hall–Kier alpha value is -0.990. The van der Waals surface area contributed by atoms with Crippen molar-refractivity contribution in [3.05, 3.63) is 22.4 Å². The number of rotatable bonds is 4. The lowest BCUT2D eigenvalue weighted by Gasteiger charge is -2.29. The molecule has 21 heavy (non-hydrogen) atoms. The van der Waals surface area contributed by atoms with Gasteiger partial charge in [0.2, 0.25) is 0 Å². The summed E-state index contributed by atoms with van der Waals surface area (Å²) in [5.41, 5.74) is 0. The predicted molar refractivity (Wildman–Crippen MR) is 78.6 cm³/mol.